The van der Waals surface area contributed by atoms with Gasteiger partial charge in [0, 0.05) is 28.3 Å². The van der Waals surface area contributed by atoms with E-state index in [0.717, 1.165) is 5.01 Å². The summed E-state index contributed by atoms with van der Waals surface area (Å²) in [4.78, 5) is 12.7. The fraction of sp³-hybridized carbons (Fsp3) is 0.176. The molecular formula is C17H15ClN2O3. The number of rotatable bonds is 2. The molecule has 2 N–H and O–H groups in total. The highest BCUT2D eigenvalue weighted by Gasteiger charge is 2.45. The molecule has 0 saturated carbocycles. The number of benzene rings is 2. The maximum absolute atomic E-state index is 12.7. The minimum atomic E-state index is -1.57. The summed E-state index contributed by atoms with van der Waals surface area (Å²) in [5.74, 6) is -0.513. The molecule has 0 saturated heterocycles. The molecule has 1 aliphatic rings. The van der Waals surface area contributed by atoms with Crippen LogP contribution in [0.25, 0.3) is 0 Å². The third-order valence-electron chi connectivity index (χ3n) is 3.72. The van der Waals surface area contributed by atoms with E-state index in [1.54, 1.807) is 43.3 Å². The van der Waals surface area contributed by atoms with Gasteiger partial charge in [-0.3, -0.25) is 4.79 Å². The van der Waals surface area contributed by atoms with Gasteiger partial charge in [-0.2, -0.15) is 10.1 Å². The molecule has 6 heteroatoms. The van der Waals surface area contributed by atoms with E-state index in [-0.39, 0.29) is 17.7 Å². The van der Waals surface area contributed by atoms with Crippen LogP contribution in [-0.4, -0.2) is 26.8 Å². The number of aromatic hydroxyl groups is 1. The highest BCUT2D eigenvalue weighted by atomic mass is 35.5. The van der Waals surface area contributed by atoms with Gasteiger partial charge in [0.25, 0.3) is 5.91 Å². The predicted octanol–water partition coefficient (Wildman–Crippen LogP) is 3.11. The lowest BCUT2D eigenvalue weighted by Gasteiger charge is -2.31. The number of aliphatic hydroxyl groups is 1. The van der Waals surface area contributed by atoms with Crippen molar-refractivity contribution < 1.29 is 15.0 Å². The van der Waals surface area contributed by atoms with Gasteiger partial charge in [0.05, 0.1) is 0 Å². The standard InChI is InChI=1S/C17H15ClN2O3/c1-11-10-17(23,13-5-7-14(18)8-6-13)20(19-11)16(22)12-3-2-4-15(21)9-12/h2-9,21,23H,10H2,1H3. The minimum absolute atomic E-state index is 0.0224. The molecule has 118 valence electrons. The Morgan fingerprint density at radius 3 is 2.61 bits per heavy atom. The Bertz CT molecular complexity index is 789. The zero-order valence-corrected chi connectivity index (χ0v) is 13.2. The van der Waals surface area contributed by atoms with Crippen molar-refractivity contribution in [2.75, 3.05) is 0 Å². The van der Waals surface area contributed by atoms with Crippen molar-refractivity contribution >= 4 is 23.2 Å². The molecule has 1 unspecified atom stereocenters. The number of amides is 1. The van der Waals surface area contributed by atoms with Crippen molar-refractivity contribution in [3.05, 3.63) is 64.7 Å². The number of hydrogen-bond donors (Lipinski definition) is 2. The largest absolute Gasteiger partial charge is 0.508 e. The maximum Gasteiger partial charge on any atom is 0.277 e. The van der Waals surface area contributed by atoms with Crippen LogP contribution in [0, 0.1) is 0 Å². The first-order valence-electron chi connectivity index (χ1n) is 7.06. The smallest absolute Gasteiger partial charge is 0.277 e. The number of halogens is 1. The highest BCUT2D eigenvalue weighted by Crippen LogP contribution is 2.37. The Labute approximate surface area is 138 Å². The number of hydrogen-bond acceptors (Lipinski definition) is 4. The molecule has 0 fully saturated rings. The molecule has 1 aliphatic heterocycles. The molecule has 3 rings (SSSR count). The molecule has 23 heavy (non-hydrogen) atoms. The SMILES string of the molecule is CC1=NN(C(=O)c2cccc(O)c2)C(O)(c2ccc(Cl)cc2)C1. The molecule has 0 radical (unpaired) electrons. The average molecular weight is 331 g/mol. The van der Waals surface area contributed by atoms with Crippen LogP contribution in [0.1, 0.15) is 29.3 Å². The molecule has 2 aromatic rings. The molecule has 1 amide bonds. The first-order valence-corrected chi connectivity index (χ1v) is 7.44. The second kappa shape index (κ2) is 5.68. The van der Waals surface area contributed by atoms with Crippen molar-refractivity contribution in [3.63, 3.8) is 0 Å². The Kier molecular flexibility index (Phi) is 3.83. The summed E-state index contributed by atoms with van der Waals surface area (Å²) in [6.07, 6.45) is 0.208. The van der Waals surface area contributed by atoms with Gasteiger partial charge in [-0.25, -0.2) is 0 Å². The van der Waals surface area contributed by atoms with E-state index >= 15 is 0 Å². The number of hydrazone groups is 1. The van der Waals surface area contributed by atoms with Crippen LogP contribution in [0.4, 0.5) is 0 Å². The lowest BCUT2D eigenvalue weighted by Crippen LogP contribution is -2.43. The van der Waals surface area contributed by atoms with Crippen LogP contribution in [0.3, 0.4) is 0 Å². The highest BCUT2D eigenvalue weighted by molar-refractivity contribution is 6.30. The fourth-order valence-corrected chi connectivity index (χ4v) is 2.76. The summed E-state index contributed by atoms with van der Waals surface area (Å²) in [6, 6.07) is 12.6. The summed E-state index contributed by atoms with van der Waals surface area (Å²) >= 11 is 5.89. The van der Waals surface area contributed by atoms with Crippen molar-refractivity contribution in [1.29, 1.82) is 0 Å². The number of nitrogens with zero attached hydrogens (tertiary/aromatic N) is 2. The molecule has 2 aromatic carbocycles. The van der Waals surface area contributed by atoms with E-state index in [1.165, 1.54) is 12.1 Å². The van der Waals surface area contributed by atoms with Crippen molar-refractivity contribution in [1.82, 2.24) is 5.01 Å². The normalized spacial score (nSPS) is 20.5. The van der Waals surface area contributed by atoms with Crippen LogP contribution < -0.4 is 0 Å². The first-order chi connectivity index (χ1) is 10.9. The number of phenols is 1. The summed E-state index contributed by atoms with van der Waals surface area (Å²) < 4.78 is 0. The second-order valence-electron chi connectivity index (χ2n) is 5.50. The molecule has 0 aliphatic carbocycles. The van der Waals surface area contributed by atoms with E-state index in [2.05, 4.69) is 5.10 Å². The van der Waals surface area contributed by atoms with Crippen LogP contribution in [-0.2, 0) is 5.72 Å². The Balaban J connectivity index is 2.01. The van der Waals surface area contributed by atoms with Gasteiger partial charge >= 0.3 is 0 Å². The van der Waals surface area contributed by atoms with Crippen LogP contribution in [0.2, 0.25) is 5.02 Å². The fourth-order valence-electron chi connectivity index (χ4n) is 2.64. The molecule has 0 bridgehead atoms. The second-order valence-corrected chi connectivity index (χ2v) is 5.94. The van der Waals surface area contributed by atoms with E-state index in [9.17, 15) is 15.0 Å². The van der Waals surface area contributed by atoms with Gasteiger partial charge < -0.3 is 10.2 Å². The van der Waals surface area contributed by atoms with E-state index in [1.807, 2.05) is 0 Å². The molecule has 1 heterocycles. The van der Waals surface area contributed by atoms with Gasteiger partial charge in [0.1, 0.15) is 5.75 Å². The van der Waals surface area contributed by atoms with Gasteiger partial charge in [-0.05, 0) is 37.3 Å². The quantitative estimate of drug-likeness (QED) is 0.888. The van der Waals surface area contributed by atoms with Gasteiger partial charge in [-0.15, -0.1) is 0 Å². The number of carbonyl (C=O) groups excluding carboxylic acids is 1. The Hall–Kier alpha value is -2.37. The van der Waals surface area contributed by atoms with Gasteiger partial charge in [0.15, 0.2) is 5.72 Å². The Morgan fingerprint density at radius 2 is 1.96 bits per heavy atom. The Morgan fingerprint density at radius 1 is 1.26 bits per heavy atom. The van der Waals surface area contributed by atoms with Crippen LogP contribution >= 0.6 is 11.6 Å². The van der Waals surface area contributed by atoms with Crippen LogP contribution in [0.15, 0.2) is 53.6 Å². The van der Waals surface area contributed by atoms with E-state index in [4.69, 9.17) is 11.6 Å². The third-order valence-corrected chi connectivity index (χ3v) is 3.97. The van der Waals surface area contributed by atoms with Gasteiger partial charge in [0.2, 0.25) is 0 Å². The maximum atomic E-state index is 12.7. The molecule has 5 nitrogen and oxygen atoms in total. The molecule has 0 spiro atoms. The van der Waals surface area contributed by atoms with Crippen molar-refractivity contribution in [2.24, 2.45) is 5.10 Å². The summed E-state index contributed by atoms with van der Waals surface area (Å²) in [7, 11) is 0. The zero-order chi connectivity index (χ0) is 16.6. The average Bonchev–Trinajstić information content (AvgIpc) is 2.83. The molecular weight excluding hydrogens is 316 g/mol. The van der Waals surface area contributed by atoms with Crippen molar-refractivity contribution in [3.8, 4) is 5.75 Å². The van der Waals surface area contributed by atoms with Crippen molar-refractivity contribution in [2.45, 2.75) is 19.1 Å². The predicted molar refractivity (Wildman–Crippen MR) is 87.4 cm³/mol. The lowest BCUT2D eigenvalue weighted by molar-refractivity contribution is -0.0765. The molecule has 1 atom stereocenters. The monoisotopic (exact) mass is 330 g/mol. The van der Waals surface area contributed by atoms with Gasteiger partial charge in [-0.1, -0.05) is 29.8 Å². The summed E-state index contributed by atoms with van der Waals surface area (Å²) in [5.41, 5.74) is -0.167. The topological polar surface area (TPSA) is 73.1 Å². The third kappa shape index (κ3) is 2.81. The van der Waals surface area contributed by atoms with Crippen LogP contribution in [0.5, 0.6) is 5.75 Å². The number of carbonyl (C=O) groups is 1. The van der Waals surface area contributed by atoms with E-state index in [0.29, 0.717) is 16.3 Å². The lowest BCUT2D eigenvalue weighted by atomic mass is 9.97. The number of phenolic OH excluding ortho intramolecular Hbond substituents is 1. The molecule has 0 aromatic heterocycles. The summed E-state index contributed by atoms with van der Waals surface area (Å²) in [6.45, 7) is 1.75. The summed E-state index contributed by atoms with van der Waals surface area (Å²) in [5, 5.41) is 26.4. The first kappa shape index (κ1) is 15.5. The minimum Gasteiger partial charge on any atom is -0.508 e. The zero-order valence-electron chi connectivity index (χ0n) is 12.4. The van der Waals surface area contributed by atoms with E-state index < -0.39 is 11.6 Å².